The molecule has 0 radical (unpaired) electrons. The lowest BCUT2D eigenvalue weighted by Gasteiger charge is -2.33. The Morgan fingerprint density at radius 3 is 2.57 bits per heavy atom. The first-order valence-corrected chi connectivity index (χ1v) is 13.1. The topological polar surface area (TPSA) is 71.4 Å². The van der Waals surface area contributed by atoms with Crippen LogP contribution in [0.15, 0.2) is 70.9 Å². The van der Waals surface area contributed by atoms with Crippen molar-refractivity contribution in [3.8, 4) is 0 Å². The number of hydrogen-bond donors (Lipinski definition) is 0. The molecule has 0 N–H and O–H groups in total. The zero-order chi connectivity index (χ0) is 26.5. The lowest BCUT2D eigenvalue weighted by molar-refractivity contribution is -0.143. The third kappa shape index (κ3) is 5.99. The zero-order valence-corrected chi connectivity index (χ0v) is 22.6. The summed E-state index contributed by atoms with van der Waals surface area (Å²) >= 11 is 6.36. The summed E-state index contributed by atoms with van der Waals surface area (Å²) < 4.78 is 11.3. The maximum absolute atomic E-state index is 13.2. The molecule has 2 atom stereocenters. The number of hydrogen-bond acceptors (Lipinski definition) is 5. The maximum Gasteiger partial charge on any atom is 0.336 e. The predicted octanol–water partition coefficient (Wildman–Crippen LogP) is 6.05. The Morgan fingerprint density at radius 2 is 1.89 bits per heavy atom. The summed E-state index contributed by atoms with van der Waals surface area (Å²) in [6, 6.07) is 17.3. The molecule has 1 saturated heterocycles. The number of amides is 2. The van der Waals surface area contributed by atoms with Gasteiger partial charge in [0.05, 0.1) is 24.5 Å². The summed E-state index contributed by atoms with van der Waals surface area (Å²) in [6.07, 6.45) is 1.14. The van der Waals surface area contributed by atoms with Crippen LogP contribution < -0.4 is 4.90 Å². The number of carbonyl (C=O) groups excluding carboxylic acids is 2. The first-order chi connectivity index (χ1) is 17.8. The molecular formula is C29H34ClN3O4. The van der Waals surface area contributed by atoms with Crippen LogP contribution in [-0.2, 0) is 14.3 Å². The standard InChI is InChI=1S/C29H34ClN3O4/c1-19(2)37-28(34)25-20(3)31-27(36-4)24(26(25)21-10-8-11-22(30)18-21)14-9-15-32-16-17-33(29(32)35)23-12-6-5-7-13-23/h5-8,10-13,18-19,24,26H,9,14-17H2,1-4H3. The fraction of sp³-hybridized carbons (Fsp3) is 0.414. The van der Waals surface area contributed by atoms with Crippen LogP contribution in [0.2, 0.25) is 5.02 Å². The van der Waals surface area contributed by atoms with Crippen molar-refractivity contribution in [2.24, 2.45) is 10.9 Å². The van der Waals surface area contributed by atoms with Crippen molar-refractivity contribution in [3.05, 3.63) is 76.5 Å². The normalized spacial score (nSPS) is 19.9. The Bertz CT molecular complexity index is 1190. The van der Waals surface area contributed by atoms with Gasteiger partial charge in [0.1, 0.15) is 0 Å². The Kier molecular flexibility index (Phi) is 8.54. The number of benzene rings is 2. The van der Waals surface area contributed by atoms with E-state index in [2.05, 4.69) is 4.99 Å². The molecule has 8 heteroatoms. The van der Waals surface area contributed by atoms with Crippen molar-refractivity contribution in [1.29, 1.82) is 0 Å². The average molecular weight is 524 g/mol. The summed E-state index contributed by atoms with van der Waals surface area (Å²) in [5.41, 5.74) is 2.92. The zero-order valence-electron chi connectivity index (χ0n) is 21.8. The van der Waals surface area contributed by atoms with Gasteiger partial charge in [-0.15, -0.1) is 0 Å². The van der Waals surface area contributed by atoms with Crippen molar-refractivity contribution in [3.63, 3.8) is 0 Å². The number of aliphatic imine (C=N–C) groups is 1. The fourth-order valence-corrected chi connectivity index (χ4v) is 5.35. The van der Waals surface area contributed by atoms with Gasteiger partial charge < -0.3 is 14.4 Å². The van der Waals surface area contributed by atoms with E-state index in [1.807, 2.05) is 85.2 Å². The Hall–Kier alpha value is -3.32. The predicted molar refractivity (Wildman–Crippen MR) is 146 cm³/mol. The molecule has 37 heavy (non-hydrogen) atoms. The van der Waals surface area contributed by atoms with Crippen molar-refractivity contribution in [1.82, 2.24) is 4.90 Å². The van der Waals surface area contributed by atoms with E-state index in [0.717, 1.165) is 17.7 Å². The van der Waals surface area contributed by atoms with Gasteiger partial charge in [-0.3, -0.25) is 4.90 Å². The number of allylic oxidation sites excluding steroid dienone is 1. The van der Waals surface area contributed by atoms with E-state index >= 15 is 0 Å². The number of para-hydroxylation sites is 1. The third-order valence-electron chi connectivity index (χ3n) is 6.78. The van der Waals surface area contributed by atoms with Crippen LogP contribution in [0.1, 0.15) is 45.1 Å². The van der Waals surface area contributed by atoms with Crippen LogP contribution >= 0.6 is 11.6 Å². The van der Waals surface area contributed by atoms with Gasteiger partial charge >= 0.3 is 12.0 Å². The van der Waals surface area contributed by atoms with E-state index in [0.29, 0.717) is 48.2 Å². The number of anilines is 1. The van der Waals surface area contributed by atoms with Gasteiger partial charge in [0, 0.05) is 42.2 Å². The molecule has 2 amide bonds. The monoisotopic (exact) mass is 523 g/mol. The molecule has 2 aliphatic rings. The second-order valence-electron chi connectivity index (χ2n) is 9.65. The van der Waals surface area contributed by atoms with Crippen LogP contribution in [0.5, 0.6) is 0 Å². The van der Waals surface area contributed by atoms with Crippen LogP contribution in [0, 0.1) is 5.92 Å². The maximum atomic E-state index is 13.2. The minimum Gasteiger partial charge on any atom is -0.484 e. The van der Waals surface area contributed by atoms with E-state index < -0.39 is 0 Å². The van der Waals surface area contributed by atoms with E-state index in [1.54, 1.807) is 7.11 Å². The number of nitrogens with zero attached hydrogens (tertiary/aromatic N) is 3. The van der Waals surface area contributed by atoms with E-state index in [9.17, 15) is 9.59 Å². The molecule has 0 aromatic heterocycles. The molecule has 196 valence electrons. The first-order valence-electron chi connectivity index (χ1n) is 12.7. The molecular weight excluding hydrogens is 490 g/mol. The smallest absolute Gasteiger partial charge is 0.336 e. The number of halogens is 1. The molecule has 2 heterocycles. The summed E-state index contributed by atoms with van der Waals surface area (Å²) in [4.78, 5) is 34.6. The summed E-state index contributed by atoms with van der Waals surface area (Å²) in [7, 11) is 1.60. The SMILES string of the molecule is COC1=NC(C)=C(C(=O)OC(C)C)C(c2cccc(Cl)c2)C1CCCN1CCN(c2ccccc2)C1=O. The molecule has 2 aromatic carbocycles. The number of methoxy groups -OCH3 is 1. The molecule has 1 fully saturated rings. The number of urea groups is 1. The highest BCUT2D eigenvalue weighted by molar-refractivity contribution is 6.30. The molecule has 0 bridgehead atoms. The quantitative estimate of drug-likeness (QED) is 0.395. The molecule has 2 aromatic rings. The van der Waals surface area contributed by atoms with Crippen molar-refractivity contribution < 1.29 is 19.1 Å². The molecule has 0 aliphatic carbocycles. The van der Waals surface area contributed by atoms with E-state index in [4.69, 9.17) is 21.1 Å². The number of rotatable bonds is 8. The van der Waals surface area contributed by atoms with Gasteiger partial charge in [-0.25, -0.2) is 14.6 Å². The largest absolute Gasteiger partial charge is 0.484 e. The number of ether oxygens (including phenoxy) is 2. The van der Waals surface area contributed by atoms with Crippen molar-refractivity contribution >= 4 is 35.2 Å². The Balaban J connectivity index is 1.55. The van der Waals surface area contributed by atoms with E-state index in [-0.39, 0.29) is 29.9 Å². The van der Waals surface area contributed by atoms with Crippen molar-refractivity contribution in [2.75, 3.05) is 31.6 Å². The molecule has 0 spiro atoms. The van der Waals surface area contributed by atoms with Gasteiger partial charge in [-0.2, -0.15) is 0 Å². The minimum absolute atomic E-state index is 0.0128. The fourth-order valence-electron chi connectivity index (χ4n) is 5.16. The van der Waals surface area contributed by atoms with E-state index in [1.165, 1.54) is 0 Å². The van der Waals surface area contributed by atoms with Crippen molar-refractivity contribution in [2.45, 2.75) is 45.6 Å². The van der Waals surface area contributed by atoms with Gasteiger partial charge in [-0.05, 0) is 63.4 Å². The number of esters is 1. The molecule has 7 nitrogen and oxygen atoms in total. The minimum atomic E-state index is -0.380. The average Bonchev–Trinajstić information content (AvgIpc) is 3.24. The molecule has 4 rings (SSSR count). The second kappa shape index (κ2) is 11.8. The summed E-state index contributed by atoms with van der Waals surface area (Å²) in [5, 5.41) is 0.593. The lowest BCUT2D eigenvalue weighted by Crippen LogP contribution is -2.35. The highest BCUT2D eigenvalue weighted by Gasteiger charge is 2.40. The summed E-state index contributed by atoms with van der Waals surface area (Å²) in [5.74, 6) is -0.339. The molecule has 2 unspecified atom stereocenters. The van der Waals surface area contributed by atoms with Crippen LogP contribution in [0.4, 0.5) is 10.5 Å². The molecule has 0 saturated carbocycles. The number of carbonyl (C=O) groups is 2. The van der Waals surface area contributed by atoms with Gasteiger partial charge in [0.2, 0.25) is 0 Å². The van der Waals surface area contributed by atoms with Gasteiger partial charge in [0.15, 0.2) is 5.90 Å². The highest BCUT2D eigenvalue weighted by atomic mass is 35.5. The highest BCUT2D eigenvalue weighted by Crippen LogP contribution is 2.42. The van der Waals surface area contributed by atoms with Gasteiger partial charge in [-0.1, -0.05) is 41.9 Å². The first kappa shape index (κ1) is 26.7. The Morgan fingerprint density at radius 1 is 1.14 bits per heavy atom. The van der Waals surface area contributed by atoms with Gasteiger partial charge in [0.25, 0.3) is 0 Å². The summed E-state index contributed by atoms with van der Waals surface area (Å²) in [6.45, 7) is 7.41. The Labute approximate surface area is 223 Å². The van der Waals surface area contributed by atoms with Crippen LogP contribution in [0.25, 0.3) is 0 Å². The molecule has 2 aliphatic heterocycles. The second-order valence-corrected chi connectivity index (χ2v) is 10.1. The lowest BCUT2D eigenvalue weighted by atomic mass is 9.75. The van der Waals surface area contributed by atoms with Crippen LogP contribution in [0.3, 0.4) is 0 Å². The third-order valence-corrected chi connectivity index (χ3v) is 7.02. The van der Waals surface area contributed by atoms with Crippen LogP contribution in [-0.4, -0.2) is 55.6 Å².